The Morgan fingerprint density at radius 2 is 2.11 bits per heavy atom. The quantitative estimate of drug-likeness (QED) is 0.329. The zero-order chi connectivity index (χ0) is 13.4. The molecule has 5 heteroatoms. The molecule has 0 amide bonds. The third kappa shape index (κ3) is 4.23. The van der Waals surface area contributed by atoms with Gasteiger partial charge in [-0.05, 0) is 24.8 Å². The average molecular weight is 268 g/mol. The minimum atomic E-state index is 0.0398. The molecule has 1 rings (SSSR count). The molecule has 100 valence electrons. The van der Waals surface area contributed by atoms with Crippen LogP contribution in [-0.4, -0.2) is 31.4 Å². The normalized spacial score (nSPS) is 10.3. The van der Waals surface area contributed by atoms with Crippen LogP contribution in [0.5, 0.6) is 5.75 Å². The van der Waals surface area contributed by atoms with Crippen LogP contribution in [0.2, 0.25) is 0 Å². The van der Waals surface area contributed by atoms with E-state index in [2.05, 4.69) is 6.92 Å². The van der Waals surface area contributed by atoms with Crippen LogP contribution in [0.4, 0.5) is 0 Å². The van der Waals surface area contributed by atoms with Gasteiger partial charge >= 0.3 is 0 Å². The number of benzene rings is 1. The molecule has 0 bridgehead atoms. The van der Waals surface area contributed by atoms with Gasteiger partial charge in [-0.3, -0.25) is 5.41 Å². The molecule has 0 aliphatic carbocycles. The molecule has 0 aliphatic heterocycles. The van der Waals surface area contributed by atoms with E-state index in [-0.39, 0.29) is 5.84 Å². The van der Waals surface area contributed by atoms with E-state index in [0.717, 1.165) is 10.6 Å². The molecule has 4 nitrogen and oxygen atoms in total. The molecule has 0 unspecified atom stereocenters. The first kappa shape index (κ1) is 14.9. The van der Waals surface area contributed by atoms with Gasteiger partial charge in [-0.2, -0.15) is 0 Å². The van der Waals surface area contributed by atoms with Crippen molar-refractivity contribution >= 4 is 17.6 Å². The highest BCUT2D eigenvalue weighted by atomic mass is 32.2. The second-order valence-electron chi connectivity index (χ2n) is 3.52. The Bertz CT molecular complexity index is 397. The fraction of sp³-hybridized carbons (Fsp3) is 0.462. The highest BCUT2D eigenvalue weighted by Gasteiger charge is 2.12. The smallest absolute Gasteiger partial charge is 0.131 e. The average Bonchev–Trinajstić information content (AvgIpc) is 2.35. The van der Waals surface area contributed by atoms with Crippen molar-refractivity contribution in [3.63, 3.8) is 0 Å². The number of nitrogens with one attached hydrogen (secondary N) is 1. The molecule has 0 spiro atoms. The monoisotopic (exact) mass is 268 g/mol. The van der Waals surface area contributed by atoms with Crippen LogP contribution in [0.15, 0.2) is 23.1 Å². The topological polar surface area (TPSA) is 68.3 Å². The van der Waals surface area contributed by atoms with Crippen molar-refractivity contribution in [2.24, 2.45) is 5.73 Å². The van der Waals surface area contributed by atoms with Crippen molar-refractivity contribution in [2.45, 2.75) is 18.7 Å². The predicted molar refractivity (Wildman–Crippen MR) is 75.8 cm³/mol. The van der Waals surface area contributed by atoms with Crippen molar-refractivity contribution in [3.05, 3.63) is 23.8 Å². The standard InChI is InChI=1S/C13H20N2O2S/c1-3-16-8-9-17-10-6-5-7-11(18-4-2)12(10)13(14)15/h5-7H,3-4,8-9H2,1-2H3,(H3,14,15). The summed E-state index contributed by atoms with van der Waals surface area (Å²) in [6.07, 6.45) is 0. The van der Waals surface area contributed by atoms with Crippen molar-refractivity contribution < 1.29 is 9.47 Å². The van der Waals surface area contributed by atoms with Crippen LogP contribution in [-0.2, 0) is 4.74 Å². The van der Waals surface area contributed by atoms with Crippen LogP contribution >= 0.6 is 11.8 Å². The number of ether oxygens (including phenoxy) is 2. The molecule has 3 N–H and O–H groups in total. The predicted octanol–water partition coefficient (Wildman–Crippen LogP) is 2.50. The van der Waals surface area contributed by atoms with Crippen molar-refractivity contribution in [1.82, 2.24) is 0 Å². The van der Waals surface area contributed by atoms with Gasteiger partial charge in [-0.25, -0.2) is 0 Å². The maximum Gasteiger partial charge on any atom is 0.131 e. The summed E-state index contributed by atoms with van der Waals surface area (Å²) in [7, 11) is 0. The number of thioether (sulfide) groups is 1. The molecule has 18 heavy (non-hydrogen) atoms. The van der Waals surface area contributed by atoms with E-state index in [1.165, 1.54) is 0 Å². The Kier molecular flexibility index (Phi) is 6.60. The van der Waals surface area contributed by atoms with Gasteiger partial charge in [0.1, 0.15) is 18.2 Å². The number of nitrogen functional groups attached to an aromatic ring is 1. The molecule has 1 aromatic carbocycles. The molecular formula is C13H20N2O2S. The summed E-state index contributed by atoms with van der Waals surface area (Å²) in [6, 6.07) is 5.71. The summed E-state index contributed by atoms with van der Waals surface area (Å²) in [6.45, 7) is 5.69. The van der Waals surface area contributed by atoms with Gasteiger partial charge in [0.15, 0.2) is 0 Å². The Labute approximate surface area is 112 Å². The first-order chi connectivity index (χ1) is 8.70. The number of rotatable bonds is 8. The first-order valence-corrected chi connectivity index (χ1v) is 7.00. The summed E-state index contributed by atoms with van der Waals surface area (Å²) in [5.74, 6) is 1.63. The molecule has 0 aromatic heterocycles. The molecule has 0 saturated heterocycles. The van der Waals surface area contributed by atoms with Gasteiger partial charge < -0.3 is 15.2 Å². The lowest BCUT2D eigenvalue weighted by atomic mass is 10.2. The van der Waals surface area contributed by atoms with Gasteiger partial charge in [-0.15, -0.1) is 11.8 Å². The zero-order valence-corrected chi connectivity index (χ0v) is 11.7. The van der Waals surface area contributed by atoms with Gasteiger partial charge in [0.2, 0.25) is 0 Å². The molecule has 0 saturated carbocycles. The van der Waals surface area contributed by atoms with Gasteiger partial charge in [0.25, 0.3) is 0 Å². The van der Waals surface area contributed by atoms with Crippen LogP contribution in [0.3, 0.4) is 0 Å². The van der Waals surface area contributed by atoms with E-state index in [0.29, 0.717) is 31.1 Å². The number of hydrogen-bond donors (Lipinski definition) is 2. The molecule has 0 fully saturated rings. The van der Waals surface area contributed by atoms with Gasteiger partial charge in [-0.1, -0.05) is 13.0 Å². The number of nitrogens with two attached hydrogens (primary N) is 1. The Morgan fingerprint density at radius 3 is 2.72 bits per heavy atom. The highest BCUT2D eigenvalue weighted by Crippen LogP contribution is 2.29. The third-order valence-electron chi connectivity index (χ3n) is 2.25. The second kappa shape index (κ2) is 8.00. The number of amidine groups is 1. The third-order valence-corrected chi connectivity index (χ3v) is 3.19. The fourth-order valence-electron chi connectivity index (χ4n) is 1.53. The maximum absolute atomic E-state index is 7.67. The molecule has 0 aliphatic rings. The SMILES string of the molecule is CCOCCOc1cccc(SCC)c1C(=N)N. The minimum absolute atomic E-state index is 0.0398. The van der Waals surface area contributed by atoms with Crippen LogP contribution in [0.25, 0.3) is 0 Å². The maximum atomic E-state index is 7.67. The van der Waals surface area contributed by atoms with Crippen molar-refractivity contribution in [1.29, 1.82) is 5.41 Å². The summed E-state index contributed by atoms with van der Waals surface area (Å²) in [5.41, 5.74) is 6.32. The van der Waals surface area contributed by atoms with E-state index in [9.17, 15) is 0 Å². The van der Waals surface area contributed by atoms with Crippen LogP contribution < -0.4 is 10.5 Å². The van der Waals surface area contributed by atoms with Crippen molar-refractivity contribution in [2.75, 3.05) is 25.6 Å². The van der Waals surface area contributed by atoms with E-state index >= 15 is 0 Å². The molecular weight excluding hydrogens is 248 g/mol. The second-order valence-corrected chi connectivity index (χ2v) is 4.83. The Balaban J connectivity index is 2.82. The van der Waals surface area contributed by atoms with Gasteiger partial charge in [0, 0.05) is 11.5 Å². The number of hydrogen-bond acceptors (Lipinski definition) is 4. The van der Waals surface area contributed by atoms with Gasteiger partial charge in [0.05, 0.1) is 12.2 Å². The zero-order valence-electron chi connectivity index (χ0n) is 10.9. The van der Waals surface area contributed by atoms with Crippen molar-refractivity contribution in [3.8, 4) is 5.75 Å². The van der Waals surface area contributed by atoms with E-state index in [1.54, 1.807) is 11.8 Å². The van der Waals surface area contributed by atoms with E-state index in [1.807, 2.05) is 25.1 Å². The molecule has 1 aromatic rings. The van der Waals surface area contributed by atoms with E-state index in [4.69, 9.17) is 20.6 Å². The molecule has 0 heterocycles. The highest BCUT2D eigenvalue weighted by molar-refractivity contribution is 7.99. The lowest BCUT2D eigenvalue weighted by molar-refractivity contribution is 0.110. The first-order valence-electron chi connectivity index (χ1n) is 6.01. The Morgan fingerprint density at radius 1 is 1.33 bits per heavy atom. The lowest BCUT2D eigenvalue weighted by Gasteiger charge is -2.14. The minimum Gasteiger partial charge on any atom is -0.490 e. The fourth-order valence-corrected chi connectivity index (χ4v) is 2.37. The largest absolute Gasteiger partial charge is 0.490 e. The Hall–Kier alpha value is -1.20. The molecule has 0 radical (unpaired) electrons. The summed E-state index contributed by atoms with van der Waals surface area (Å²) < 4.78 is 10.8. The lowest BCUT2D eigenvalue weighted by Crippen LogP contribution is -2.16. The van der Waals surface area contributed by atoms with E-state index < -0.39 is 0 Å². The van der Waals surface area contributed by atoms with Crippen LogP contribution in [0.1, 0.15) is 19.4 Å². The molecule has 0 atom stereocenters. The van der Waals surface area contributed by atoms with Crippen LogP contribution in [0, 0.1) is 5.41 Å². The summed E-state index contributed by atoms with van der Waals surface area (Å²) >= 11 is 1.66. The summed E-state index contributed by atoms with van der Waals surface area (Å²) in [4.78, 5) is 0.985. The summed E-state index contributed by atoms with van der Waals surface area (Å²) in [5, 5.41) is 7.67.